The normalized spacial score (nSPS) is 33.5. The molecule has 1 amide bonds. The number of carbonyl (C=O) groups excluding carboxylic acids is 1. The topological polar surface area (TPSA) is 29.5 Å². The van der Waals surface area contributed by atoms with E-state index in [1.165, 1.54) is 80.5 Å². The van der Waals surface area contributed by atoms with E-state index in [1.54, 1.807) is 148 Å². The molecule has 4 saturated heterocycles. The molecule has 0 spiro atoms. The Hall–Kier alpha value is -0.570. The summed E-state index contributed by atoms with van der Waals surface area (Å²) in [5.41, 5.74) is 0. The predicted octanol–water partition coefficient (Wildman–Crippen LogP) is 24.8. The van der Waals surface area contributed by atoms with Gasteiger partial charge in [0, 0.05) is 25.6 Å². The van der Waals surface area contributed by atoms with E-state index in [0.29, 0.717) is 24.0 Å². The zero-order valence-electron chi connectivity index (χ0n) is 48.2. The van der Waals surface area contributed by atoms with Gasteiger partial charge in [0.2, 0.25) is 5.91 Å². The van der Waals surface area contributed by atoms with E-state index in [2.05, 4.69) is 0 Å². The smallest absolute Gasteiger partial charge is 0.225 e. The Kier molecular flexibility index (Phi) is 63.2. The monoisotopic (exact) mass is 1040 g/mol. The molecule has 0 aromatic carbocycles. The predicted molar refractivity (Wildman–Crippen MR) is 342 cm³/mol. The highest BCUT2D eigenvalue weighted by atomic mass is 16.5. The van der Waals surface area contributed by atoms with Gasteiger partial charge in [0.1, 0.15) is 0 Å². The van der Waals surface area contributed by atoms with Crippen molar-refractivity contribution in [3.63, 3.8) is 0 Å². The summed E-state index contributed by atoms with van der Waals surface area (Å²) in [4.78, 5) is 13.3. The van der Waals surface area contributed by atoms with Gasteiger partial charge in [-0.05, 0) is 161 Å². The van der Waals surface area contributed by atoms with E-state index in [9.17, 15) is 4.79 Å². The minimum atomic E-state index is 0. The summed E-state index contributed by atoms with van der Waals surface area (Å²) in [5.74, 6) is 13.5. The molecule has 15 saturated carbocycles. The van der Waals surface area contributed by atoms with E-state index in [-0.39, 0.29) is 52.0 Å². The number of amides is 1. The highest BCUT2D eigenvalue weighted by Crippen LogP contribution is 2.53. The number of hydrogen-bond acceptors (Lipinski definition) is 2. The lowest BCUT2D eigenvalue weighted by Gasteiger charge is -2.49. The summed E-state index contributed by atoms with van der Waals surface area (Å²) in [6.45, 7) is 29.1. The van der Waals surface area contributed by atoms with Crippen LogP contribution in [0.5, 0.6) is 0 Å². The van der Waals surface area contributed by atoms with Gasteiger partial charge < -0.3 is 9.64 Å². The Morgan fingerprint density at radius 1 is 0.301 bits per heavy atom. The van der Waals surface area contributed by atoms with Crippen molar-refractivity contribution < 1.29 is 9.53 Å². The van der Waals surface area contributed by atoms with Gasteiger partial charge in [0.05, 0.1) is 6.10 Å². The van der Waals surface area contributed by atoms with E-state index in [1.807, 2.05) is 109 Å². The summed E-state index contributed by atoms with van der Waals surface area (Å²) in [5, 5.41) is 0. The maximum atomic E-state index is 11.3. The Morgan fingerprint density at radius 3 is 0.685 bits per heavy atom. The molecule has 19 rings (SSSR count). The first-order chi connectivity index (χ1) is 32.5. The fourth-order valence-corrected chi connectivity index (χ4v) is 13.8. The summed E-state index contributed by atoms with van der Waals surface area (Å²) in [6, 6.07) is 0.581. The Morgan fingerprint density at radius 2 is 0.548 bits per heavy atom. The van der Waals surface area contributed by atoms with E-state index in [4.69, 9.17) is 4.74 Å². The molecule has 0 radical (unpaired) electrons. The Balaban J connectivity index is -0.000000132. The molecule has 2 unspecified atom stereocenters. The molecule has 3 nitrogen and oxygen atoms in total. The van der Waals surface area contributed by atoms with Gasteiger partial charge >= 0.3 is 0 Å². The van der Waals surface area contributed by atoms with Crippen LogP contribution in [0.1, 0.15) is 354 Å². The summed E-state index contributed by atoms with van der Waals surface area (Å²) < 4.78 is 5.48. The van der Waals surface area contributed by atoms with Crippen LogP contribution >= 0.6 is 0 Å². The number of ether oxygens (including phenoxy) is 1. The average molecular weight is 1040 g/mol. The van der Waals surface area contributed by atoms with Crippen LogP contribution in [0.3, 0.4) is 0 Å². The summed E-state index contributed by atoms with van der Waals surface area (Å²) >= 11 is 0. The fourth-order valence-electron chi connectivity index (χ4n) is 13.8. The second-order valence-electron chi connectivity index (χ2n) is 21.7. The van der Waals surface area contributed by atoms with E-state index >= 15 is 0 Å². The average Bonchev–Trinajstić information content (AvgIpc) is 4.28. The SMILES string of the molecule is C.C.C.C.C.C.C.C1C2CC1C2.C1CC2CC1C2.C1CC2CCC(C1)C2.C1CC2CCC1C2.C1CC2CCC1CC2.C1CC2CCC1CO2.CC.CC.CC.CC.CC.CC.CC.CN1C(=O)C2CCC1CC2. The molecule has 19 fully saturated rings. The van der Waals surface area contributed by atoms with Crippen molar-refractivity contribution in [2.24, 2.45) is 71.0 Å². The third-order valence-electron chi connectivity index (χ3n) is 18.1. The van der Waals surface area contributed by atoms with Crippen molar-refractivity contribution in [1.29, 1.82) is 0 Å². The van der Waals surface area contributed by atoms with Crippen molar-refractivity contribution in [2.45, 2.75) is 367 Å². The lowest BCUT2D eigenvalue weighted by Crippen LogP contribution is -2.49. The molecule has 3 heteroatoms. The number of hydrogen-bond donors (Lipinski definition) is 0. The van der Waals surface area contributed by atoms with Gasteiger partial charge in [0.25, 0.3) is 0 Å². The maximum Gasteiger partial charge on any atom is 0.225 e. The first-order valence-electron chi connectivity index (χ1n) is 31.4. The third kappa shape index (κ3) is 31.0. The maximum absolute atomic E-state index is 11.3. The summed E-state index contributed by atoms with van der Waals surface area (Å²) in [6.07, 6.45) is 48.5. The molecule has 15 aliphatic carbocycles. The van der Waals surface area contributed by atoms with Crippen molar-refractivity contribution >= 4 is 5.91 Å². The highest BCUT2D eigenvalue weighted by molar-refractivity contribution is 5.80. The van der Waals surface area contributed by atoms with Gasteiger partial charge in [-0.3, -0.25) is 4.79 Å². The van der Waals surface area contributed by atoms with Crippen molar-refractivity contribution in [3.05, 3.63) is 0 Å². The standard InChI is InChI=1S/C8H13NO.2C8H14.C7H12O.C7H12.C6H10.C5H8.7C2H6.7CH4/c1-9-7-4-2-6(3-5-7)8(9)10;1-2-8-5-3-7(1)4-6-8;1-2-7-4-5-8(3-1)6-7;1-3-7-4-2-6(1)5-8-7;1-2-7-4-3-6(1)5-7;1-2-6-3-5(1)4-6;1-4-2-5(1)3-4;7*1-2;;;;;;;/h6-7H,2-5H2,1H3;2*7-8H,1-6H2;6-7H,1-5H2;6-7H,1-5H2;5-6H,1-4H2;4-5H,1-3H2;7*1-2H3;7*1H4. The van der Waals surface area contributed by atoms with Gasteiger partial charge in [-0.2, -0.15) is 0 Å². The van der Waals surface area contributed by atoms with Crippen molar-refractivity contribution in [2.75, 3.05) is 13.7 Å². The minimum Gasteiger partial charge on any atom is -0.378 e. The molecule has 2 atom stereocenters. The highest BCUT2D eigenvalue weighted by Gasteiger charge is 2.41. The number of carbonyl (C=O) groups is 1. The molecule has 14 bridgehead atoms. The van der Waals surface area contributed by atoms with Gasteiger partial charge in [0.15, 0.2) is 0 Å². The second kappa shape index (κ2) is 53.4. The molecule has 4 heterocycles. The van der Waals surface area contributed by atoms with Gasteiger partial charge in [-0.25, -0.2) is 0 Å². The van der Waals surface area contributed by atoms with Crippen LogP contribution in [-0.4, -0.2) is 36.6 Å². The Labute approximate surface area is 469 Å². The zero-order chi connectivity index (χ0) is 49.3. The fraction of sp³-hybridized carbons (Fsp3) is 0.986. The quantitative estimate of drug-likeness (QED) is 0.242. The molecular formula is C70H153NO2. The van der Waals surface area contributed by atoms with Gasteiger partial charge in [-0.1, -0.05) is 258 Å². The minimum absolute atomic E-state index is 0. The van der Waals surface area contributed by atoms with Crippen LogP contribution in [0, 0.1) is 71.0 Å². The largest absolute Gasteiger partial charge is 0.378 e. The lowest BCUT2D eigenvalue weighted by atomic mass is 9.56. The van der Waals surface area contributed by atoms with Crippen LogP contribution in [-0.2, 0) is 9.53 Å². The molecule has 4 aliphatic heterocycles. The number of rotatable bonds is 0. The molecule has 0 aromatic heterocycles. The molecule has 0 N–H and O–H groups in total. The molecule has 19 aliphatic rings. The van der Waals surface area contributed by atoms with Crippen molar-refractivity contribution in [3.8, 4) is 0 Å². The summed E-state index contributed by atoms with van der Waals surface area (Å²) in [7, 11) is 1.94. The van der Waals surface area contributed by atoms with Crippen LogP contribution in [0.4, 0.5) is 0 Å². The van der Waals surface area contributed by atoms with Crippen LogP contribution in [0.15, 0.2) is 0 Å². The number of piperidine rings is 2. The van der Waals surface area contributed by atoms with Gasteiger partial charge in [-0.15, -0.1) is 0 Å². The van der Waals surface area contributed by atoms with Crippen LogP contribution in [0.25, 0.3) is 0 Å². The first kappa shape index (κ1) is 86.3. The second-order valence-corrected chi connectivity index (χ2v) is 21.7. The van der Waals surface area contributed by atoms with Crippen LogP contribution < -0.4 is 0 Å². The Bertz CT molecular complexity index is 920. The molecular weight excluding hydrogens is 887 g/mol. The lowest BCUT2D eigenvalue weighted by molar-refractivity contribution is -0.144. The number of nitrogens with zero attached hydrogens (tertiary/aromatic N) is 1. The molecule has 450 valence electrons. The van der Waals surface area contributed by atoms with Crippen LogP contribution in [0.2, 0.25) is 0 Å². The zero-order valence-corrected chi connectivity index (χ0v) is 48.2. The number of fused-ring (bicyclic) bond motifs is 14. The van der Waals surface area contributed by atoms with Crippen molar-refractivity contribution in [1.82, 2.24) is 4.90 Å². The van der Waals surface area contributed by atoms with E-state index < -0.39 is 0 Å². The third-order valence-corrected chi connectivity index (χ3v) is 18.1. The first-order valence-corrected chi connectivity index (χ1v) is 31.4. The molecule has 73 heavy (non-hydrogen) atoms. The molecule has 0 aromatic rings. The van der Waals surface area contributed by atoms with E-state index in [0.717, 1.165) is 49.0 Å².